The molecule has 0 spiro atoms. The summed E-state index contributed by atoms with van der Waals surface area (Å²) in [7, 11) is -17.1. The van der Waals surface area contributed by atoms with Gasteiger partial charge in [-0.2, -0.15) is 17.2 Å². The van der Waals surface area contributed by atoms with Crippen molar-refractivity contribution in [2.45, 2.75) is 429 Å². The topological polar surface area (TPSA) is 299 Å². The number of rotatable bonds is 60. The number of aliphatic carboxylic acids is 4. The Morgan fingerprint density at radius 2 is 0.392 bits per heavy atom. The fourth-order valence-corrected chi connectivity index (χ4v) is 27.0. The fraction of sp³-hybridized carbons (Fsp3) is 0.615. The molecule has 0 aromatic heterocycles. The van der Waals surface area contributed by atoms with Crippen LogP contribution in [-0.2, 0) is 124 Å². The molecule has 8 atom stereocenters. The van der Waals surface area contributed by atoms with Crippen molar-refractivity contribution in [3.63, 3.8) is 0 Å². The summed E-state index contributed by atoms with van der Waals surface area (Å²) in [5.41, 5.74) is 6.30. The predicted octanol–water partition coefficient (Wildman–Crippen LogP) is 25.1. The van der Waals surface area contributed by atoms with E-state index in [0.29, 0.717) is 22.3 Å². The molecule has 4 aliphatic heterocycles. The Morgan fingerprint density at radius 1 is 0.238 bits per heavy atom. The fourth-order valence-electron chi connectivity index (χ4n) is 19.7. The second-order valence-corrected chi connectivity index (χ2v) is 44.1. The molecule has 10 rings (SSSR count). The molecule has 0 bridgehead atoms. The Hall–Kier alpha value is -5.91. The van der Waals surface area contributed by atoms with Gasteiger partial charge in [0.1, 0.15) is 24.2 Å². The van der Waals surface area contributed by atoms with E-state index >= 15 is 0 Å². The largest absolute Gasteiger partial charge is 0.480 e. The van der Waals surface area contributed by atoms with Crippen LogP contribution in [0.5, 0.6) is 0 Å². The van der Waals surface area contributed by atoms with Gasteiger partial charge in [0.25, 0.3) is 0 Å². The SMILES string of the molecule is CCCCCCCCCCCCc1ccc(S(=O)(=O)N2[C@@H](c3cccc([C@H]4CC[C@@H](C(=O)O)N4S(=O)(=O)c4ccc(CCCCCCCCCCCC)cc4)c3)CC[C@H]2C(=O)O)cc1.CCCCCCCCCCCCc1ccc(S(=O)(=O)N2[C@@H](c3cccc([C@H]4CC[C@@H](C(=O)O)N4S(=O)(=O)c4ccc(CCCCCCCCCCCC)cc4)c3)CC[C@H]2C(=O)O)cc1.[Rh].[Rh]. The van der Waals surface area contributed by atoms with Crippen LogP contribution in [0.2, 0.25) is 0 Å². The smallest absolute Gasteiger partial charge is 0.322 e. The molecule has 0 unspecified atom stereocenters. The molecule has 6 aromatic rings. The molecule has 4 aliphatic rings. The van der Waals surface area contributed by atoms with Gasteiger partial charge in [0, 0.05) is 39.0 Å². The molecule has 4 N–H and O–H groups in total. The molecule has 726 valence electrons. The maximum absolute atomic E-state index is 14.4. The quantitative estimate of drug-likeness (QED) is 0.0204. The summed E-state index contributed by atoms with van der Waals surface area (Å²) in [4.78, 5) is 50.4. The summed E-state index contributed by atoms with van der Waals surface area (Å²) in [5, 5.41) is 41.0. The molecule has 4 fully saturated rings. The predicted molar refractivity (Wildman–Crippen MR) is 511 cm³/mol. The van der Waals surface area contributed by atoms with E-state index in [1.165, 1.54) is 205 Å². The van der Waals surface area contributed by atoms with E-state index in [1.54, 1.807) is 97.1 Å². The maximum Gasteiger partial charge on any atom is 0.322 e. The van der Waals surface area contributed by atoms with Crippen molar-refractivity contribution >= 4 is 64.0 Å². The zero-order chi connectivity index (χ0) is 91.9. The first-order valence-electron chi connectivity index (χ1n) is 49.4. The Morgan fingerprint density at radius 3 is 0.546 bits per heavy atom. The van der Waals surface area contributed by atoms with E-state index in [0.717, 1.165) is 117 Å². The van der Waals surface area contributed by atoms with Crippen LogP contribution >= 0.6 is 0 Å². The number of aryl methyl sites for hydroxylation is 4. The molecule has 6 aromatic carbocycles. The maximum atomic E-state index is 14.4. The Kier molecular flexibility index (Phi) is 49.4. The minimum atomic E-state index is -4.26. The van der Waals surface area contributed by atoms with Gasteiger partial charge in [0.2, 0.25) is 40.1 Å². The second kappa shape index (κ2) is 57.8. The number of carbonyl (C=O) groups is 4. The average molecular weight is 2050 g/mol. The van der Waals surface area contributed by atoms with E-state index in [1.807, 2.05) is 48.5 Å². The van der Waals surface area contributed by atoms with Gasteiger partial charge in [-0.3, -0.25) is 19.2 Å². The second-order valence-electron chi connectivity index (χ2n) is 36.8. The Balaban J connectivity index is 0.000000350. The number of sulfonamides is 4. The van der Waals surface area contributed by atoms with Crippen molar-refractivity contribution in [1.29, 1.82) is 0 Å². The van der Waals surface area contributed by atoms with Gasteiger partial charge in [-0.05, 0) is 196 Å². The number of carboxylic acid groups (broad SMARTS) is 4. The van der Waals surface area contributed by atoms with Crippen LogP contribution in [0.4, 0.5) is 0 Å². The third kappa shape index (κ3) is 32.7. The van der Waals surface area contributed by atoms with E-state index in [-0.39, 0.29) is 110 Å². The van der Waals surface area contributed by atoms with Crippen molar-refractivity contribution < 1.29 is 112 Å². The summed E-state index contributed by atoms with van der Waals surface area (Å²) < 4.78 is 119. The molecule has 130 heavy (non-hydrogen) atoms. The van der Waals surface area contributed by atoms with E-state index in [9.17, 15) is 73.3 Å². The molecule has 26 heteroatoms. The molecular formula is C104H152N4O16Rh2S4. The molecular weight excluding hydrogens is 1900 g/mol. The van der Waals surface area contributed by atoms with Gasteiger partial charge in [0.15, 0.2) is 0 Å². The third-order valence-corrected chi connectivity index (χ3v) is 34.8. The average Bonchev–Trinajstić information content (AvgIpc) is 1.58. The third-order valence-electron chi connectivity index (χ3n) is 27.1. The minimum Gasteiger partial charge on any atom is -0.480 e. The van der Waals surface area contributed by atoms with Gasteiger partial charge in [0.05, 0.1) is 43.7 Å². The van der Waals surface area contributed by atoms with Gasteiger partial charge < -0.3 is 20.4 Å². The number of hydrogen-bond acceptors (Lipinski definition) is 12. The molecule has 0 amide bonds. The zero-order valence-corrected chi connectivity index (χ0v) is 84.6. The van der Waals surface area contributed by atoms with Crippen molar-refractivity contribution in [2.24, 2.45) is 0 Å². The van der Waals surface area contributed by atoms with E-state index in [2.05, 4.69) is 27.7 Å². The zero-order valence-electron chi connectivity index (χ0n) is 78.0. The van der Waals surface area contributed by atoms with Crippen molar-refractivity contribution in [2.75, 3.05) is 0 Å². The summed E-state index contributed by atoms with van der Waals surface area (Å²) in [6.07, 6.45) is 54.3. The molecule has 0 saturated carbocycles. The van der Waals surface area contributed by atoms with Crippen LogP contribution in [0.3, 0.4) is 0 Å². The number of unbranched alkanes of at least 4 members (excludes halogenated alkanes) is 36. The number of carboxylic acids is 4. The number of nitrogens with zero attached hydrogens (tertiary/aromatic N) is 4. The molecule has 4 saturated heterocycles. The monoisotopic (exact) mass is 2050 g/mol. The molecule has 2 radical (unpaired) electrons. The minimum absolute atomic E-state index is 0. The van der Waals surface area contributed by atoms with Crippen LogP contribution in [0, 0.1) is 0 Å². The first-order chi connectivity index (χ1) is 61.8. The van der Waals surface area contributed by atoms with Crippen LogP contribution < -0.4 is 0 Å². The number of hydrogen-bond donors (Lipinski definition) is 4. The standard InChI is InChI=1S/2C52H76N2O8S2.2Rh/c2*1-3-5-7-9-11-13-15-17-19-21-24-41-28-32-45(33-29-41)63(59,60)53-47(36-38-49(53)51(55)56)43-26-23-27-44(40-43)48-37-39-50(52(57)58)54(48)64(61,62)46-34-30-42(31-35-46)25-22-20-18-16-14-12-10-8-6-4-2;;/h2*23,26-35,40,47-50H,3-22,24-25,36-39H2,1-2H3,(H,55,56)(H,57,58);;/t2*47-,48-,49+,50+;;/m11../s1. The summed E-state index contributed by atoms with van der Waals surface area (Å²) in [5.74, 6) is -4.92. The van der Waals surface area contributed by atoms with Crippen LogP contribution in [0.15, 0.2) is 165 Å². The summed E-state index contributed by atoms with van der Waals surface area (Å²) in [6.45, 7) is 8.93. The molecule has 4 heterocycles. The Labute approximate surface area is 806 Å². The molecule has 0 aliphatic carbocycles. The van der Waals surface area contributed by atoms with Crippen LogP contribution in [0.25, 0.3) is 0 Å². The van der Waals surface area contributed by atoms with Crippen molar-refractivity contribution in [3.05, 3.63) is 190 Å². The summed E-state index contributed by atoms with van der Waals surface area (Å²) in [6, 6.07) is 32.6. The summed E-state index contributed by atoms with van der Waals surface area (Å²) >= 11 is 0. The van der Waals surface area contributed by atoms with Crippen molar-refractivity contribution in [3.8, 4) is 0 Å². The van der Waals surface area contributed by atoms with Gasteiger partial charge in [-0.15, -0.1) is 0 Å². The van der Waals surface area contributed by atoms with Crippen LogP contribution in [0.1, 0.15) is 405 Å². The van der Waals surface area contributed by atoms with Gasteiger partial charge in [-0.1, -0.05) is 356 Å². The molecule has 20 nitrogen and oxygen atoms in total. The first-order valence-corrected chi connectivity index (χ1v) is 55.2. The van der Waals surface area contributed by atoms with E-state index in [4.69, 9.17) is 0 Å². The first kappa shape index (κ1) is 111. The van der Waals surface area contributed by atoms with Crippen molar-refractivity contribution in [1.82, 2.24) is 17.2 Å². The van der Waals surface area contributed by atoms with Gasteiger partial charge in [-0.25, -0.2) is 33.7 Å². The van der Waals surface area contributed by atoms with Gasteiger partial charge >= 0.3 is 23.9 Å². The Bertz CT molecular complexity index is 4240. The van der Waals surface area contributed by atoms with E-state index < -0.39 is 112 Å². The van der Waals surface area contributed by atoms with Crippen LogP contribution in [-0.4, -0.2) is 119 Å². The normalized spacial score (nSPS) is 19.4. The number of benzene rings is 6.